The van der Waals surface area contributed by atoms with Crippen molar-refractivity contribution in [1.29, 1.82) is 5.26 Å². The summed E-state index contributed by atoms with van der Waals surface area (Å²) >= 11 is 13.6. The molecule has 164 valence electrons. The number of amides is 1. The van der Waals surface area contributed by atoms with E-state index in [1.54, 1.807) is 72.4 Å². The molecule has 0 aliphatic heterocycles. The van der Waals surface area contributed by atoms with E-state index in [4.69, 9.17) is 23.2 Å². The standard InChI is InChI=1S/C23H16Cl2N6OS/c1-14(22(32)28-20-7-3-2-5-15(20)12-26)33-23-30-29-21(16-6-4-10-27-13-16)31(23)17-8-9-18(24)19(25)11-17/h2-11,13-14H,1H3,(H,28,32). The molecule has 0 aliphatic rings. The highest BCUT2D eigenvalue weighted by Crippen LogP contribution is 2.33. The molecule has 1 N–H and O–H groups in total. The normalized spacial score (nSPS) is 11.6. The first kappa shape index (κ1) is 22.8. The molecule has 10 heteroatoms. The molecule has 33 heavy (non-hydrogen) atoms. The van der Waals surface area contributed by atoms with Crippen LogP contribution < -0.4 is 5.32 Å². The molecule has 1 unspecified atom stereocenters. The third kappa shape index (κ3) is 5.01. The van der Waals surface area contributed by atoms with Crippen LogP contribution in [0.1, 0.15) is 12.5 Å². The van der Waals surface area contributed by atoms with Gasteiger partial charge in [-0.15, -0.1) is 10.2 Å². The van der Waals surface area contributed by atoms with Gasteiger partial charge in [0.2, 0.25) is 5.91 Å². The summed E-state index contributed by atoms with van der Waals surface area (Å²) < 4.78 is 1.80. The summed E-state index contributed by atoms with van der Waals surface area (Å²) in [5.74, 6) is 0.278. The van der Waals surface area contributed by atoms with Crippen LogP contribution >= 0.6 is 35.0 Å². The first-order valence-corrected chi connectivity index (χ1v) is 11.4. The van der Waals surface area contributed by atoms with Gasteiger partial charge in [-0.3, -0.25) is 14.3 Å². The Morgan fingerprint density at radius 2 is 1.94 bits per heavy atom. The van der Waals surface area contributed by atoms with Crippen LogP contribution in [0, 0.1) is 11.3 Å². The smallest absolute Gasteiger partial charge is 0.237 e. The third-order valence-electron chi connectivity index (χ3n) is 4.67. The lowest BCUT2D eigenvalue weighted by Gasteiger charge is -2.15. The van der Waals surface area contributed by atoms with Crippen LogP contribution in [0.2, 0.25) is 10.0 Å². The Labute approximate surface area is 204 Å². The van der Waals surface area contributed by atoms with Gasteiger partial charge in [0.15, 0.2) is 11.0 Å². The minimum atomic E-state index is -0.538. The van der Waals surface area contributed by atoms with Gasteiger partial charge in [-0.2, -0.15) is 5.26 Å². The van der Waals surface area contributed by atoms with Gasteiger partial charge in [-0.25, -0.2) is 0 Å². The first-order valence-electron chi connectivity index (χ1n) is 9.76. The zero-order chi connectivity index (χ0) is 23.4. The minimum absolute atomic E-state index is 0.269. The molecular weight excluding hydrogens is 479 g/mol. The number of pyridine rings is 1. The van der Waals surface area contributed by atoms with Gasteiger partial charge in [0, 0.05) is 18.0 Å². The average Bonchev–Trinajstić information content (AvgIpc) is 3.25. The van der Waals surface area contributed by atoms with Crippen LogP contribution in [-0.2, 0) is 4.79 Å². The second kappa shape index (κ2) is 10.0. The second-order valence-electron chi connectivity index (χ2n) is 6.89. The lowest BCUT2D eigenvalue weighted by atomic mass is 10.2. The lowest BCUT2D eigenvalue weighted by Crippen LogP contribution is -2.23. The number of hydrogen-bond acceptors (Lipinski definition) is 6. The van der Waals surface area contributed by atoms with Gasteiger partial charge in [0.05, 0.1) is 32.2 Å². The highest BCUT2D eigenvalue weighted by Gasteiger charge is 2.23. The molecule has 2 heterocycles. The topological polar surface area (TPSA) is 96.5 Å². The van der Waals surface area contributed by atoms with Gasteiger partial charge in [-0.1, -0.05) is 47.1 Å². The Morgan fingerprint density at radius 1 is 1.12 bits per heavy atom. The van der Waals surface area contributed by atoms with Crippen LogP contribution in [-0.4, -0.2) is 30.9 Å². The van der Waals surface area contributed by atoms with E-state index in [9.17, 15) is 10.1 Å². The van der Waals surface area contributed by atoms with Gasteiger partial charge in [0.25, 0.3) is 0 Å². The SMILES string of the molecule is CC(Sc1nnc(-c2cccnc2)n1-c1ccc(Cl)c(Cl)c1)C(=O)Nc1ccccc1C#N. The van der Waals surface area contributed by atoms with Crippen molar-refractivity contribution in [2.45, 2.75) is 17.3 Å². The minimum Gasteiger partial charge on any atom is -0.324 e. The van der Waals surface area contributed by atoms with Crippen molar-refractivity contribution in [3.8, 4) is 23.1 Å². The fourth-order valence-electron chi connectivity index (χ4n) is 3.02. The Hall–Kier alpha value is -3.38. The van der Waals surface area contributed by atoms with Gasteiger partial charge >= 0.3 is 0 Å². The monoisotopic (exact) mass is 494 g/mol. The van der Waals surface area contributed by atoms with Gasteiger partial charge in [0.1, 0.15) is 6.07 Å². The number of anilines is 1. The van der Waals surface area contributed by atoms with E-state index >= 15 is 0 Å². The van der Waals surface area contributed by atoms with Crippen LogP contribution in [0.15, 0.2) is 72.1 Å². The van der Waals surface area contributed by atoms with E-state index in [0.29, 0.717) is 38.0 Å². The number of benzene rings is 2. The molecule has 4 aromatic rings. The maximum atomic E-state index is 12.9. The van der Waals surface area contributed by atoms with Crippen molar-refractivity contribution < 1.29 is 4.79 Å². The summed E-state index contributed by atoms with van der Waals surface area (Å²) in [6.45, 7) is 1.76. The third-order valence-corrected chi connectivity index (χ3v) is 6.45. The van der Waals surface area contributed by atoms with Crippen LogP contribution in [0.25, 0.3) is 17.1 Å². The molecule has 4 rings (SSSR count). The first-order chi connectivity index (χ1) is 16.0. The van der Waals surface area contributed by atoms with Crippen molar-refractivity contribution in [2.75, 3.05) is 5.32 Å². The maximum absolute atomic E-state index is 12.9. The number of rotatable bonds is 6. The molecule has 0 fully saturated rings. The number of thioether (sulfide) groups is 1. The predicted octanol–water partition coefficient (Wildman–Crippen LogP) is 5.63. The molecule has 7 nitrogen and oxygen atoms in total. The number of nitrogens with zero attached hydrogens (tertiary/aromatic N) is 5. The lowest BCUT2D eigenvalue weighted by molar-refractivity contribution is -0.115. The molecular formula is C23H16Cl2N6OS. The highest BCUT2D eigenvalue weighted by atomic mass is 35.5. The van der Waals surface area contributed by atoms with Crippen molar-refractivity contribution >= 4 is 46.6 Å². The number of hydrogen-bond donors (Lipinski definition) is 1. The number of carbonyl (C=O) groups excluding carboxylic acids is 1. The summed E-state index contributed by atoms with van der Waals surface area (Å²) in [6.07, 6.45) is 3.35. The Kier molecular flexibility index (Phi) is 6.94. The number of para-hydroxylation sites is 1. The molecule has 0 saturated heterocycles. The zero-order valence-electron chi connectivity index (χ0n) is 17.2. The quantitative estimate of drug-likeness (QED) is 0.349. The average molecular weight is 495 g/mol. The summed E-state index contributed by atoms with van der Waals surface area (Å²) in [7, 11) is 0. The summed E-state index contributed by atoms with van der Waals surface area (Å²) in [5.41, 5.74) is 2.29. The zero-order valence-corrected chi connectivity index (χ0v) is 19.6. The fraction of sp³-hybridized carbons (Fsp3) is 0.0870. The largest absolute Gasteiger partial charge is 0.324 e. The number of nitrogens with one attached hydrogen (secondary N) is 1. The second-order valence-corrected chi connectivity index (χ2v) is 9.01. The molecule has 0 aliphatic carbocycles. The number of halogens is 2. The van der Waals surface area contributed by atoms with E-state index in [-0.39, 0.29) is 5.91 Å². The number of aromatic nitrogens is 4. The molecule has 0 saturated carbocycles. The predicted molar refractivity (Wildman–Crippen MR) is 130 cm³/mol. The Balaban J connectivity index is 1.67. The van der Waals surface area contributed by atoms with E-state index in [1.807, 2.05) is 6.07 Å². The Bertz CT molecular complexity index is 1350. The van der Waals surface area contributed by atoms with E-state index in [0.717, 1.165) is 5.56 Å². The summed E-state index contributed by atoms with van der Waals surface area (Å²) in [6, 6.07) is 17.8. The maximum Gasteiger partial charge on any atom is 0.237 e. The summed E-state index contributed by atoms with van der Waals surface area (Å²) in [4.78, 5) is 17.0. The highest BCUT2D eigenvalue weighted by molar-refractivity contribution is 8.00. The van der Waals surface area contributed by atoms with Crippen LogP contribution in [0.3, 0.4) is 0 Å². The van der Waals surface area contributed by atoms with Crippen molar-refractivity contribution in [1.82, 2.24) is 19.7 Å². The van der Waals surface area contributed by atoms with E-state index in [1.165, 1.54) is 11.8 Å². The van der Waals surface area contributed by atoms with Crippen LogP contribution in [0.4, 0.5) is 5.69 Å². The van der Waals surface area contributed by atoms with Crippen molar-refractivity contribution in [3.63, 3.8) is 0 Å². The molecule has 1 amide bonds. The van der Waals surface area contributed by atoms with E-state index in [2.05, 4.69) is 26.6 Å². The summed E-state index contributed by atoms with van der Waals surface area (Å²) in [5, 5.41) is 21.5. The molecule has 0 radical (unpaired) electrons. The molecule has 0 bridgehead atoms. The van der Waals surface area contributed by atoms with Crippen LogP contribution in [0.5, 0.6) is 0 Å². The van der Waals surface area contributed by atoms with Gasteiger partial charge < -0.3 is 5.32 Å². The van der Waals surface area contributed by atoms with Crippen molar-refractivity contribution in [3.05, 3.63) is 82.6 Å². The fourth-order valence-corrected chi connectivity index (χ4v) is 4.18. The number of carbonyl (C=O) groups is 1. The Morgan fingerprint density at radius 3 is 2.67 bits per heavy atom. The van der Waals surface area contributed by atoms with E-state index < -0.39 is 5.25 Å². The molecule has 2 aromatic heterocycles. The molecule has 0 spiro atoms. The van der Waals surface area contributed by atoms with Crippen molar-refractivity contribution in [2.24, 2.45) is 0 Å². The number of nitriles is 1. The van der Waals surface area contributed by atoms with Gasteiger partial charge in [-0.05, 0) is 49.4 Å². The molecule has 2 aromatic carbocycles. The molecule has 1 atom stereocenters.